The molecule has 1 aliphatic rings. The minimum absolute atomic E-state index is 0. The Kier molecular flexibility index (Phi) is 10.4. The van der Waals surface area contributed by atoms with Gasteiger partial charge in [0.25, 0.3) is 0 Å². The number of nitrogens with zero attached hydrogens (tertiary/aromatic N) is 2. The number of aliphatic imine (C=N–C) groups is 1. The Balaban J connectivity index is 0.00000288. The second kappa shape index (κ2) is 11.8. The highest BCUT2D eigenvalue weighted by Crippen LogP contribution is 2.28. The van der Waals surface area contributed by atoms with Crippen molar-refractivity contribution in [1.29, 1.82) is 0 Å². The van der Waals surface area contributed by atoms with E-state index in [9.17, 15) is 0 Å². The second-order valence-electron chi connectivity index (χ2n) is 5.69. The SMILES string of the molecule is CN=C(NCCOc1ccccc1Cl)N(C)CCOCC1CC1.I. The topological polar surface area (TPSA) is 46.1 Å². The molecule has 0 unspecified atom stereocenters. The zero-order chi connectivity index (χ0) is 16.5. The summed E-state index contributed by atoms with van der Waals surface area (Å²) in [5, 5.41) is 3.90. The number of halogens is 2. The van der Waals surface area contributed by atoms with E-state index in [1.165, 1.54) is 12.8 Å². The predicted octanol–water partition coefficient (Wildman–Crippen LogP) is 3.27. The van der Waals surface area contributed by atoms with Gasteiger partial charge in [-0.05, 0) is 30.9 Å². The molecule has 0 heterocycles. The number of rotatable bonds is 9. The molecule has 2 rings (SSSR count). The van der Waals surface area contributed by atoms with Gasteiger partial charge in [-0.3, -0.25) is 4.99 Å². The minimum Gasteiger partial charge on any atom is -0.490 e. The smallest absolute Gasteiger partial charge is 0.193 e. The zero-order valence-electron chi connectivity index (χ0n) is 14.3. The molecule has 0 atom stereocenters. The van der Waals surface area contributed by atoms with Crippen LogP contribution in [0.1, 0.15) is 12.8 Å². The van der Waals surface area contributed by atoms with Crippen LogP contribution in [0.3, 0.4) is 0 Å². The molecule has 1 aromatic rings. The Morgan fingerprint density at radius 1 is 1.33 bits per heavy atom. The summed E-state index contributed by atoms with van der Waals surface area (Å²) in [6.07, 6.45) is 2.65. The van der Waals surface area contributed by atoms with E-state index in [4.69, 9.17) is 21.1 Å². The first-order chi connectivity index (χ1) is 11.2. The summed E-state index contributed by atoms with van der Waals surface area (Å²) in [5.74, 6) is 2.34. The summed E-state index contributed by atoms with van der Waals surface area (Å²) in [7, 11) is 3.78. The van der Waals surface area contributed by atoms with Crippen LogP contribution in [-0.2, 0) is 4.74 Å². The molecule has 7 heteroatoms. The van der Waals surface area contributed by atoms with Crippen molar-refractivity contribution in [3.8, 4) is 5.75 Å². The molecule has 1 fully saturated rings. The van der Waals surface area contributed by atoms with Gasteiger partial charge >= 0.3 is 0 Å². The van der Waals surface area contributed by atoms with Crippen LogP contribution in [0.15, 0.2) is 29.3 Å². The summed E-state index contributed by atoms with van der Waals surface area (Å²) < 4.78 is 11.3. The molecule has 5 nitrogen and oxygen atoms in total. The third kappa shape index (κ3) is 7.90. The van der Waals surface area contributed by atoms with Gasteiger partial charge in [0.15, 0.2) is 5.96 Å². The molecule has 1 aliphatic carbocycles. The van der Waals surface area contributed by atoms with Crippen molar-refractivity contribution in [2.45, 2.75) is 12.8 Å². The Hall–Kier alpha value is -0.730. The van der Waals surface area contributed by atoms with E-state index in [2.05, 4.69) is 15.2 Å². The Bertz CT molecular complexity index is 512. The Labute approximate surface area is 166 Å². The minimum atomic E-state index is 0. The van der Waals surface area contributed by atoms with Gasteiger partial charge in [-0.15, -0.1) is 24.0 Å². The lowest BCUT2D eigenvalue weighted by molar-refractivity contribution is 0.115. The van der Waals surface area contributed by atoms with Crippen LogP contribution in [-0.4, -0.2) is 57.9 Å². The molecular weight excluding hydrogens is 441 g/mol. The highest BCUT2D eigenvalue weighted by Gasteiger charge is 2.21. The maximum absolute atomic E-state index is 6.05. The van der Waals surface area contributed by atoms with Crippen LogP contribution in [0.4, 0.5) is 0 Å². The average molecular weight is 468 g/mol. The number of ether oxygens (including phenoxy) is 2. The first-order valence-electron chi connectivity index (χ1n) is 8.07. The molecular formula is C17H27ClIN3O2. The largest absolute Gasteiger partial charge is 0.490 e. The Morgan fingerprint density at radius 2 is 2.08 bits per heavy atom. The molecule has 1 saturated carbocycles. The van der Waals surface area contributed by atoms with Crippen LogP contribution in [0.2, 0.25) is 5.02 Å². The molecule has 0 aliphatic heterocycles. The lowest BCUT2D eigenvalue weighted by Gasteiger charge is -2.22. The van der Waals surface area contributed by atoms with Gasteiger partial charge in [0.1, 0.15) is 12.4 Å². The van der Waals surface area contributed by atoms with Crippen LogP contribution in [0.5, 0.6) is 5.75 Å². The van der Waals surface area contributed by atoms with Crippen molar-refractivity contribution in [2.75, 3.05) is 47.0 Å². The van der Waals surface area contributed by atoms with E-state index in [0.29, 0.717) is 23.9 Å². The van der Waals surface area contributed by atoms with Crippen LogP contribution in [0, 0.1) is 5.92 Å². The average Bonchev–Trinajstić information content (AvgIpc) is 3.37. The molecule has 0 saturated heterocycles. The van der Waals surface area contributed by atoms with E-state index in [-0.39, 0.29) is 24.0 Å². The number of likely N-dealkylation sites (N-methyl/N-ethyl adjacent to an activating group) is 1. The van der Waals surface area contributed by atoms with Gasteiger partial charge in [0.05, 0.1) is 18.2 Å². The maximum Gasteiger partial charge on any atom is 0.193 e. The van der Waals surface area contributed by atoms with Crippen molar-refractivity contribution in [3.05, 3.63) is 29.3 Å². The lowest BCUT2D eigenvalue weighted by atomic mass is 10.3. The Morgan fingerprint density at radius 3 is 2.75 bits per heavy atom. The van der Waals surface area contributed by atoms with Crippen molar-refractivity contribution in [2.24, 2.45) is 10.9 Å². The van der Waals surface area contributed by atoms with E-state index < -0.39 is 0 Å². The zero-order valence-corrected chi connectivity index (χ0v) is 17.4. The van der Waals surface area contributed by atoms with Gasteiger partial charge < -0.3 is 19.7 Å². The van der Waals surface area contributed by atoms with E-state index in [1.807, 2.05) is 31.3 Å². The monoisotopic (exact) mass is 467 g/mol. The van der Waals surface area contributed by atoms with Crippen molar-refractivity contribution in [1.82, 2.24) is 10.2 Å². The molecule has 0 spiro atoms. The first-order valence-corrected chi connectivity index (χ1v) is 8.45. The van der Waals surface area contributed by atoms with Gasteiger partial charge in [-0.1, -0.05) is 23.7 Å². The van der Waals surface area contributed by atoms with Crippen LogP contribution < -0.4 is 10.1 Å². The van der Waals surface area contributed by atoms with E-state index >= 15 is 0 Å². The summed E-state index contributed by atoms with van der Waals surface area (Å²) in [5.41, 5.74) is 0. The second-order valence-corrected chi connectivity index (χ2v) is 6.10. The molecule has 136 valence electrons. The number of guanidine groups is 1. The number of benzene rings is 1. The standard InChI is InChI=1S/C17H26ClN3O2.HI/c1-19-17(21(2)10-12-22-13-14-7-8-14)20-9-11-23-16-6-4-3-5-15(16)18;/h3-6,14H,7-13H2,1-2H3,(H,19,20);1H. The van der Waals surface area contributed by atoms with Gasteiger partial charge in [-0.25, -0.2) is 0 Å². The highest BCUT2D eigenvalue weighted by molar-refractivity contribution is 14.0. The van der Waals surface area contributed by atoms with Crippen molar-refractivity contribution in [3.63, 3.8) is 0 Å². The molecule has 0 bridgehead atoms. The molecule has 1 N–H and O–H groups in total. The first kappa shape index (κ1) is 21.3. The van der Waals surface area contributed by atoms with Gasteiger partial charge in [-0.2, -0.15) is 0 Å². The van der Waals surface area contributed by atoms with E-state index in [0.717, 1.165) is 31.6 Å². The van der Waals surface area contributed by atoms with Crippen molar-refractivity contribution >= 4 is 41.5 Å². The van der Waals surface area contributed by atoms with Gasteiger partial charge in [0.2, 0.25) is 0 Å². The third-order valence-electron chi connectivity index (χ3n) is 3.67. The number of hydrogen-bond donors (Lipinski definition) is 1. The molecule has 24 heavy (non-hydrogen) atoms. The number of nitrogens with one attached hydrogen (secondary N) is 1. The van der Waals surface area contributed by atoms with E-state index in [1.54, 1.807) is 7.05 Å². The fourth-order valence-electron chi connectivity index (χ4n) is 2.11. The number of para-hydroxylation sites is 1. The van der Waals surface area contributed by atoms with Crippen molar-refractivity contribution < 1.29 is 9.47 Å². The normalized spacial score (nSPS) is 14.0. The predicted molar refractivity (Wildman–Crippen MR) is 110 cm³/mol. The van der Waals surface area contributed by atoms with Gasteiger partial charge in [0, 0.05) is 27.2 Å². The highest BCUT2D eigenvalue weighted by atomic mass is 127. The summed E-state index contributed by atoms with van der Waals surface area (Å²) in [4.78, 5) is 6.33. The summed E-state index contributed by atoms with van der Waals surface area (Å²) >= 11 is 6.05. The third-order valence-corrected chi connectivity index (χ3v) is 3.99. The van der Waals surface area contributed by atoms with Crippen LogP contribution in [0.25, 0.3) is 0 Å². The summed E-state index contributed by atoms with van der Waals surface area (Å²) in [6, 6.07) is 7.47. The molecule has 0 aromatic heterocycles. The summed E-state index contributed by atoms with van der Waals surface area (Å²) in [6.45, 7) is 3.62. The maximum atomic E-state index is 6.05. The fraction of sp³-hybridized carbons (Fsp3) is 0.588. The number of hydrogen-bond acceptors (Lipinski definition) is 3. The molecule has 0 radical (unpaired) electrons. The lowest BCUT2D eigenvalue weighted by Crippen LogP contribution is -2.42. The quantitative estimate of drug-likeness (QED) is 0.262. The van der Waals surface area contributed by atoms with Crippen LogP contribution >= 0.6 is 35.6 Å². The molecule has 1 aromatic carbocycles. The fourth-order valence-corrected chi connectivity index (χ4v) is 2.30. The molecule has 0 amide bonds.